The smallest absolute Gasteiger partial charge is 0.338 e. The summed E-state index contributed by atoms with van der Waals surface area (Å²) in [5, 5.41) is 2.39. The number of benzene rings is 2. The van der Waals surface area contributed by atoms with Crippen molar-refractivity contribution in [2.24, 2.45) is 0 Å². The van der Waals surface area contributed by atoms with Crippen LogP contribution in [0.5, 0.6) is 0 Å². The normalized spacial score (nSPS) is 12.5. The first-order valence-electron chi connectivity index (χ1n) is 10.0. The van der Waals surface area contributed by atoms with E-state index in [0.29, 0.717) is 16.4 Å². The van der Waals surface area contributed by atoms with Crippen LogP contribution in [0.25, 0.3) is 0 Å². The van der Waals surface area contributed by atoms with Crippen LogP contribution in [0.3, 0.4) is 0 Å². The van der Waals surface area contributed by atoms with E-state index in [4.69, 9.17) is 4.74 Å². The van der Waals surface area contributed by atoms with Crippen molar-refractivity contribution < 1.29 is 14.3 Å². The summed E-state index contributed by atoms with van der Waals surface area (Å²) < 4.78 is 5.47. The first-order chi connectivity index (χ1) is 14.4. The lowest BCUT2D eigenvalue weighted by Crippen LogP contribution is -2.23. The standard InChI is InChI=1S/C24H24N2O3S/c1-15-7-10-22(16(2)11-15)26(17(3)27)24-25-21(14-30-24)13-29-23(28)20-9-8-18-5-4-6-19(18)12-20/h7-12,14H,4-6,13H2,1-3H3. The van der Waals surface area contributed by atoms with Crippen LogP contribution in [0.15, 0.2) is 41.8 Å². The van der Waals surface area contributed by atoms with Crippen LogP contribution in [0.2, 0.25) is 0 Å². The van der Waals surface area contributed by atoms with E-state index in [1.807, 2.05) is 55.6 Å². The zero-order valence-electron chi connectivity index (χ0n) is 17.4. The summed E-state index contributed by atoms with van der Waals surface area (Å²) in [5.74, 6) is -0.463. The van der Waals surface area contributed by atoms with Gasteiger partial charge in [-0.25, -0.2) is 9.78 Å². The highest BCUT2D eigenvalue weighted by molar-refractivity contribution is 7.14. The van der Waals surface area contributed by atoms with Crippen LogP contribution < -0.4 is 4.90 Å². The molecule has 0 saturated carbocycles. The maximum atomic E-state index is 12.5. The number of anilines is 2. The molecule has 0 fully saturated rings. The van der Waals surface area contributed by atoms with Crippen molar-refractivity contribution in [1.29, 1.82) is 0 Å². The summed E-state index contributed by atoms with van der Waals surface area (Å²) in [6.07, 6.45) is 3.24. The fraction of sp³-hybridized carbons (Fsp3) is 0.292. The zero-order valence-corrected chi connectivity index (χ0v) is 18.2. The first-order valence-corrected chi connectivity index (χ1v) is 10.9. The number of fused-ring (bicyclic) bond motifs is 1. The largest absolute Gasteiger partial charge is 0.456 e. The fourth-order valence-electron chi connectivity index (χ4n) is 3.85. The summed E-state index contributed by atoms with van der Waals surface area (Å²) in [6.45, 7) is 5.59. The minimum Gasteiger partial charge on any atom is -0.456 e. The lowest BCUT2D eigenvalue weighted by molar-refractivity contribution is -0.115. The molecule has 4 rings (SSSR count). The van der Waals surface area contributed by atoms with Crippen molar-refractivity contribution in [3.05, 3.63) is 75.3 Å². The number of amides is 1. The number of ether oxygens (including phenoxy) is 1. The molecule has 0 bridgehead atoms. The van der Waals surface area contributed by atoms with E-state index in [1.54, 1.807) is 4.90 Å². The van der Waals surface area contributed by atoms with Crippen LogP contribution in [0, 0.1) is 13.8 Å². The zero-order chi connectivity index (χ0) is 21.3. The Morgan fingerprint density at radius 1 is 1.10 bits per heavy atom. The second-order valence-corrected chi connectivity index (χ2v) is 8.52. The lowest BCUT2D eigenvalue weighted by Gasteiger charge is -2.20. The number of aromatic nitrogens is 1. The molecule has 0 atom stereocenters. The number of carbonyl (C=O) groups is 2. The summed E-state index contributed by atoms with van der Waals surface area (Å²) in [5.41, 5.74) is 6.72. The SMILES string of the molecule is CC(=O)N(c1nc(COC(=O)c2ccc3c(c2)CCC3)cs1)c1ccc(C)cc1C. The molecule has 3 aromatic rings. The molecule has 1 amide bonds. The van der Waals surface area contributed by atoms with Gasteiger partial charge in [0.25, 0.3) is 0 Å². The average molecular weight is 421 g/mol. The minimum atomic E-state index is -0.350. The Morgan fingerprint density at radius 3 is 2.67 bits per heavy atom. The molecule has 6 heteroatoms. The monoisotopic (exact) mass is 420 g/mol. The summed E-state index contributed by atoms with van der Waals surface area (Å²) >= 11 is 1.36. The Bertz CT molecular complexity index is 1120. The van der Waals surface area contributed by atoms with Gasteiger partial charge in [0.05, 0.1) is 16.9 Å². The van der Waals surface area contributed by atoms with Gasteiger partial charge in [0.2, 0.25) is 5.91 Å². The third kappa shape index (κ3) is 4.14. The van der Waals surface area contributed by atoms with Gasteiger partial charge >= 0.3 is 5.97 Å². The molecule has 154 valence electrons. The molecule has 0 aliphatic heterocycles. The van der Waals surface area contributed by atoms with Crippen molar-refractivity contribution >= 4 is 34.0 Å². The second-order valence-electron chi connectivity index (χ2n) is 7.68. The number of carbonyl (C=O) groups excluding carboxylic acids is 2. The van der Waals surface area contributed by atoms with Gasteiger partial charge in [0, 0.05) is 12.3 Å². The lowest BCUT2D eigenvalue weighted by atomic mass is 10.1. The topological polar surface area (TPSA) is 59.5 Å². The highest BCUT2D eigenvalue weighted by Gasteiger charge is 2.20. The Kier molecular flexibility index (Phi) is 5.68. The molecule has 0 N–H and O–H groups in total. The molecule has 0 saturated heterocycles. The molecular weight excluding hydrogens is 396 g/mol. The van der Waals surface area contributed by atoms with Gasteiger partial charge in [-0.3, -0.25) is 9.69 Å². The van der Waals surface area contributed by atoms with Crippen molar-refractivity contribution in [1.82, 2.24) is 4.98 Å². The van der Waals surface area contributed by atoms with E-state index in [2.05, 4.69) is 4.98 Å². The van der Waals surface area contributed by atoms with Crippen molar-refractivity contribution in [3.8, 4) is 0 Å². The molecule has 1 aliphatic carbocycles. The van der Waals surface area contributed by atoms with Crippen molar-refractivity contribution in [2.45, 2.75) is 46.6 Å². The number of rotatable bonds is 5. The number of esters is 1. The molecule has 0 unspecified atom stereocenters. The third-order valence-electron chi connectivity index (χ3n) is 5.32. The molecular formula is C24H24N2O3S. The molecule has 0 radical (unpaired) electrons. The Morgan fingerprint density at radius 2 is 1.90 bits per heavy atom. The van der Waals surface area contributed by atoms with Crippen LogP contribution in [-0.4, -0.2) is 16.9 Å². The maximum Gasteiger partial charge on any atom is 0.338 e. The second kappa shape index (κ2) is 8.40. The maximum absolute atomic E-state index is 12.5. The van der Waals surface area contributed by atoms with Crippen LogP contribution >= 0.6 is 11.3 Å². The number of thiazole rings is 1. The quantitative estimate of drug-likeness (QED) is 0.526. The van der Waals surface area contributed by atoms with Gasteiger partial charge in [-0.05, 0) is 68.0 Å². The van der Waals surface area contributed by atoms with Crippen LogP contribution in [0.1, 0.15) is 51.7 Å². The van der Waals surface area contributed by atoms with Gasteiger partial charge in [0.1, 0.15) is 6.61 Å². The van der Waals surface area contributed by atoms with Crippen molar-refractivity contribution in [3.63, 3.8) is 0 Å². The minimum absolute atomic E-state index is 0.0744. The van der Waals surface area contributed by atoms with Gasteiger partial charge in [0.15, 0.2) is 5.13 Å². The molecule has 30 heavy (non-hydrogen) atoms. The summed E-state index contributed by atoms with van der Waals surface area (Å²) in [4.78, 5) is 30.9. The summed E-state index contributed by atoms with van der Waals surface area (Å²) in [6, 6.07) is 11.7. The number of hydrogen-bond acceptors (Lipinski definition) is 5. The Labute approximate surface area is 180 Å². The first kappa shape index (κ1) is 20.3. The average Bonchev–Trinajstić information content (AvgIpc) is 3.36. The fourth-order valence-corrected chi connectivity index (χ4v) is 4.71. The van der Waals surface area contributed by atoms with Gasteiger partial charge < -0.3 is 4.74 Å². The number of hydrogen-bond donors (Lipinski definition) is 0. The molecule has 1 aromatic heterocycles. The van der Waals surface area contributed by atoms with Crippen molar-refractivity contribution in [2.75, 3.05) is 4.90 Å². The van der Waals surface area contributed by atoms with Gasteiger partial charge in [-0.1, -0.05) is 23.8 Å². The predicted molar refractivity (Wildman–Crippen MR) is 118 cm³/mol. The molecule has 1 aliphatic rings. The van der Waals surface area contributed by atoms with E-state index in [0.717, 1.165) is 36.1 Å². The van der Waals surface area contributed by atoms with E-state index in [9.17, 15) is 9.59 Å². The van der Waals surface area contributed by atoms with E-state index in [-0.39, 0.29) is 18.5 Å². The predicted octanol–water partition coefficient (Wildman–Crippen LogP) is 5.29. The van der Waals surface area contributed by atoms with Crippen LogP contribution in [0.4, 0.5) is 10.8 Å². The number of aryl methyl sites for hydroxylation is 4. The highest BCUT2D eigenvalue weighted by atomic mass is 32.1. The molecule has 5 nitrogen and oxygen atoms in total. The van der Waals surface area contributed by atoms with E-state index >= 15 is 0 Å². The Hall–Kier alpha value is -2.99. The van der Waals surface area contributed by atoms with Gasteiger partial charge in [-0.15, -0.1) is 11.3 Å². The van der Waals surface area contributed by atoms with Crippen LogP contribution in [-0.2, 0) is 29.0 Å². The Balaban J connectivity index is 1.47. The number of nitrogens with zero attached hydrogens (tertiary/aromatic N) is 2. The molecule has 2 aromatic carbocycles. The third-order valence-corrected chi connectivity index (χ3v) is 6.20. The molecule has 0 spiro atoms. The van der Waals surface area contributed by atoms with Gasteiger partial charge in [-0.2, -0.15) is 0 Å². The van der Waals surface area contributed by atoms with E-state index < -0.39 is 0 Å². The molecule has 1 heterocycles. The van der Waals surface area contributed by atoms with E-state index in [1.165, 1.54) is 29.4 Å². The highest BCUT2D eigenvalue weighted by Crippen LogP contribution is 2.32. The summed E-state index contributed by atoms with van der Waals surface area (Å²) in [7, 11) is 0.